The minimum atomic E-state index is -0.393. The van der Waals surface area contributed by atoms with E-state index in [1.807, 2.05) is 30.3 Å². The second-order valence-corrected chi connectivity index (χ2v) is 5.99. The van der Waals surface area contributed by atoms with Gasteiger partial charge in [0.15, 0.2) is 0 Å². The highest BCUT2D eigenvalue weighted by molar-refractivity contribution is 5.17. The van der Waals surface area contributed by atoms with Crippen LogP contribution in [0.4, 0.5) is 0 Å². The maximum absolute atomic E-state index is 10.4. The summed E-state index contributed by atoms with van der Waals surface area (Å²) in [7, 11) is 0. The average Bonchev–Trinajstić information content (AvgIpc) is 2.92. The van der Waals surface area contributed by atoms with Gasteiger partial charge in [0, 0.05) is 19.2 Å². The van der Waals surface area contributed by atoms with E-state index in [0.717, 1.165) is 31.5 Å². The minimum Gasteiger partial charge on any atom is -0.396 e. The molecule has 0 bridgehead atoms. The zero-order valence-corrected chi connectivity index (χ0v) is 12.4. The van der Waals surface area contributed by atoms with Crippen LogP contribution in [0.25, 0.3) is 0 Å². The second-order valence-electron chi connectivity index (χ2n) is 5.99. The Bertz CT molecular complexity index is 382. The van der Waals surface area contributed by atoms with Crippen molar-refractivity contribution in [2.75, 3.05) is 19.7 Å². The molecule has 3 unspecified atom stereocenters. The molecule has 1 saturated heterocycles. The largest absolute Gasteiger partial charge is 0.396 e. The van der Waals surface area contributed by atoms with Gasteiger partial charge in [-0.05, 0) is 43.7 Å². The molecule has 0 aromatic heterocycles. The summed E-state index contributed by atoms with van der Waals surface area (Å²) in [6.45, 7) is 4.47. The quantitative estimate of drug-likeness (QED) is 0.805. The summed E-state index contributed by atoms with van der Waals surface area (Å²) in [4.78, 5) is 2.49. The van der Waals surface area contributed by atoms with Crippen molar-refractivity contribution in [3.05, 3.63) is 35.9 Å². The molecule has 2 N–H and O–H groups in total. The third-order valence-corrected chi connectivity index (χ3v) is 4.40. The summed E-state index contributed by atoms with van der Waals surface area (Å²) in [5.41, 5.74) is 1.01. The first-order chi connectivity index (χ1) is 9.72. The first-order valence-corrected chi connectivity index (χ1v) is 7.80. The van der Waals surface area contributed by atoms with Gasteiger partial charge in [-0.15, -0.1) is 0 Å². The Morgan fingerprint density at radius 2 is 2.05 bits per heavy atom. The van der Waals surface area contributed by atoms with Gasteiger partial charge in [0.05, 0.1) is 6.10 Å². The first-order valence-electron chi connectivity index (χ1n) is 7.80. The van der Waals surface area contributed by atoms with Crippen molar-refractivity contribution in [1.82, 2.24) is 4.90 Å². The number of nitrogens with zero attached hydrogens (tertiary/aromatic N) is 1. The van der Waals surface area contributed by atoms with Gasteiger partial charge in [0.1, 0.15) is 0 Å². The van der Waals surface area contributed by atoms with Crippen LogP contribution in [0.3, 0.4) is 0 Å². The predicted octanol–water partition coefficient (Wildman–Crippen LogP) is 2.59. The maximum atomic E-state index is 10.4. The topological polar surface area (TPSA) is 43.7 Å². The van der Waals surface area contributed by atoms with Crippen LogP contribution in [0.1, 0.15) is 44.3 Å². The first kappa shape index (κ1) is 15.5. The van der Waals surface area contributed by atoms with Crippen LogP contribution in [0.15, 0.2) is 30.3 Å². The minimum absolute atomic E-state index is 0.229. The fourth-order valence-electron chi connectivity index (χ4n) is 3.24. The van der Waals surface area contributed by atoms with Gasteiger partial charge in [-0.2, -0.15) is 0 Å². The summed E-state index contributed by atoms with van der Waals surface area (Å²) in [5, 5.41) is 19.4. The van der Waals surface area contributed by atoms with Crippen LogP contribution in [0, 0.1) is 5.92 Å². The number of rotatable bonds is 7. The Labute approximate surface area is 122 Å². The molecular weight excluding hydrogens is 250 g/mol. The fraction of sp³-hybridized carbons (Fsp3) is 0.647. The van der Waals surface area contributed by atoms with E-state index >= 15 is 0 Å². The molecule has 1 aliphatic rings. The summed E-state index contributed by atoms with van der Waals surface area (Å²) < 4.78 is 0. The summed E-state index contributed by atoms with van der Waals surface area (Å²) in [5.74, 6) is 0.229. The maximum Gasteiger partial charge on any atom is 0.0827 e. The van der Waals surface area contributed by atoms with Gasteiger partial charge >= 0.3 is 0 Å². The number of aliphatic hydroxyl groups excluding tert-OH is 2. The lowest BCUT2D eigenvalue weighted by atomic mass is 9.96. The lowest BCUT2D eigenvalue weighted by Crippen LogP contribution is -2.35. The fourth-order valence-corrected chi connectivity index (χ4v) is 3.24. The molecular formula is C17H27NO2. The SMILES string of the molecule is CC(CN1CCCC1CCCO)C(O)c1ccccc1. The number of benzene rings is 1. The van der Waals surface area contributed by atoms with E-state index in [2.05, 4.69) is 11.8 Å². The van der Waals surface area contributed by atoms with Crippen LogP contribution < -0.4 is 0 Å². The van der Waals surface area contributed by atoms with Crippen LogP contribution in [0.2, 0.25) is 0 Å². The molecule has 1 aromatic rings. The Morgan fingerprint density at radius 1 is 1.30 bits per heavy atom. The molecule has 2 rings (SSSR count). The highest BCUT2D eigenvalue weighted by atomic mass is 16.3. The van der Waals surface area contributed by atoms with Crippen molar-refractivity contribution < 1.29 is 10.2 Å². The van der Waals surface area contributed by atoms with E-state index in [0.29, 0.717) is 6.04 Å². The van der Waals surface area contributed by atoms with Crippen molar-refractivity contribution in [2.24, 2.45) is 5.92 Å². The highest BCUT2D eigenvalue weighted by Gasteiger charge is 2.27. The lowest BCUT2D eigenvalue weighted by Gasteiger charge is -2.29. The lowest BCUT2D eigenvalue weighted by molar-refractivity contribution is 0.0820. The van der Waals surface area contributed by atoms with Gasteiger partial charge in [0.25, 0.3) is 0 Å². The summed E-state index contributed by atoms with van der Waals surface area (Å²) in [6, 6.07) is 10.5. The van der Waals surface area contributed by atoms with Crippen molar-refractivity contribution in [2.45, 2.75) is 44.8 Å². The van der Waals surface area contributed by atoms with Crippen molar-refractivity contribution in [3.8, 4) is 0 Å². The monoisotopic (exact) mass is 277 g/mol. The zero-order valence-electron chi connectivity index (χ0n) is 12.4. The molecule has 3 nitrogen and oxygen atoms in total. The standard InChI is InChI=1S/C17H27NO2/c1-14(17(20)15-7-3-2-4-8-15)13-18-11-5-9-16(18)10-6-12-19/h2-4,7-8,14,16-17,19-20H,5-6,9-13H2,1H3. The van der Waals surface area contributed by atoms with E-state index in [-0.39, 0.29) is 12.5 Å². The normalized spacial score (nSPS) is 22.9. The number of hydrogen-bond donors (Lipinski definition) is 2. The number of likely N-dealkylation sites (tertiary alicyclic amines) is 1. The molecule has 112 valence electrons. The number of aliphatic hydroxyl groups is 2. The van der Waals surface area contributed by atoms with Crippen LogP contribution in [-0.2, 0) is 0 Å². The molecule has 1 fully saturated rings. The molecule has 20 heavy (non-hydrogen) atoms. The Balaban J connectivity index is 1.88. The Hall–Kier alpha value is -0.900. The van der Waals surface area contributed by atoms with Crippen LogP contribution in [-0.4, -0.2) is 40.9 Å². The molecule has 1 aliphatic heterocycles. The molecule has 1 heterocycles. The van der Waals surface area contributed by atoms with E-state index in [4.69, 9.17) is 5.11 Å². The van der Waals surface area contributed by atoms with E-state index in [9.17, 15) is 5.11 Å². The molecule has 0 spiro atoms. The number of hydrogen-bond acceptors (Lipinski definition) is 3. The second kappa shape index (κ2) is 7.77. The highest BCUT2D eigenvalue weighted by Crippen LogP contribution is 2.27. The molecule has 1 aromatic carbocycles. The van der Waals surface area contributed by atoms with Gasteiger partial charge in [-0.3, -0.25) is 0 Å². The molecule has 0 radical (unpaired) electrons. The Kier molecular flexibility index (Phi) is 6.02. The van der Waals surface area contributed by atoms with Crippen LogP contribution >= 0.6 is 0 Å². The van der Waals surface area contributed by atoms with Gasteiger partial charge in [-0.1, -0.05) is 37.3 Å². The van der Waals surface area contributed by atoms with Gasteiger partial charge in [-0.25, -0.2) is 0 Å². The summed E-state index contributed by atoms with van der Waals surface area (Å²) in [6.07, 6.45) is 4.04. The van der Waals surface area contributed by atoms with Gasteiger partial charge < -0.3 is 15.1 Å². The van der Waals surface area contributed by atoms with E-state index in [1.54, 1.807) is 0 Å². The smallest absolute Gasteiger partial charge is 0.0827 e. The molecule has 0 amide bonds. The predicted molar refractivity (Wildman–Crippen MR) is 81.5 cm³/mol. The molecule has 0 saturated carbocycles. The molecule has 0 aliphatic carbocycles. The van der Waals surface area contributed by atoms with Crippen LogP contribution in [0.5, 0.6) is 0 Å². The van der Waals surface area contributed by atoms with Crippen molar-refractivity contribution in [1.29, 1.82) is 0 Å². The molecule has 3 heteroatoms. The Morgan fingerprint density at radius 3 is 2.75 bits per heavy atom. The van der Waals surface area contributed by atoms with Gasteiger partial charge in [0.2, 0.25) is 0 Å². The zero-order chi connectivity index (χ0) is 14.4. The third-order valence-electron chi connectivity index (χ3n) is 4.40. The van der Waals surface area contributed by atoms with E-state index < -0.39 is 6.10 Å². The van der Waals surface area contributed by atoms with Crippen molar-refractivity contribution >= 4 is 0 Å². The summed E-state index contributed by atoms with van der Waals surface area (Å²) >= 11 is 0. The third kappa shape index (κ3) is 4.05. The average molecular weight is 277 g/mol. The molecule has 3 atom stereocenters. The van der Waals surface area contributed by atoms with Crippen molar-refractivity contribution in [3.63, 3.8) is 0 Å². The van der Waals surface area contributed by atoms with E-state index in [1.165, 1.54) is 12.8 Å².